The van der Waals surface area contributed by atoms with Crippen LogP contribution >= 0.6 is 0 Å². The maximum absolute atomic E-state index is 12.2. The number of rotatable bonds is 8. The molecule has 0 spiro atoms. The van der Waals surface area contributed by atoms with Crippen molar-refractivity contribution in [3.63, 3.8) is 0 Å². The molecular formula is C18H24N2O4S. The minimum atomic E-state index is -3.49. The van der Waals surface area contributed by atoms with Gasteiger partial charge in [-0.25, -0.2) is 8.42 Å². The summed E-state index contributed by atoms with van der Waals surface area (Å²) < 4.78 is 30.9. The van der Waals surface area contributed by atoms with E-state index in [0.29, 0.717) is 11.4 Å². The van der Waals surface area contributed by atoms with Crippen LogP contribution in [0, 0.1) is 0 Å². The topological polar surface area (TPSA) is 79.6 Å². The van der Waals surface area contributed by atoms with Crippen LogP contribution in [-0.2, 0) is 21.4 Å². The summed E-state index contributed by atoms with van der Waals surface area (Å²) in [5, 5.41) is 2.73. The maximum Gasteiger partial charge on any atom is 0.232 e. The summed E-state index contributed by atoms with van der Waals surface area (Å²) in [5.41, 5.74) is 1.56. The van der Waals surface area contributed by atoms with Crippen molar-refractivity contribution in [3.05, 3.63) is 54.0 Å². The molecule has 0 saturated carbocycles. The van der Waals surface area contributed by atoms with Gasteiger partial charge >= 0.3 is 0 Å². The van der Waals surface area contributed by atoms with Gasteiger partial charge in [-0.1, -0.05) is 32.0 Å². The predicted molar refractivity (Wildman–Crippen MR) is 97.9 cm³/mol. The van der Waals surface area contributed by atoms with Crippen molar-refractivity contribution in [2.24, 2.45) is 0 Å². The predicted octanol–water partition coefficient (Wildman–Crippen LogP) is 2.88. The van der Waals surface area contributed by atoms with Crippen LogP contribution in [0.4, 0.5) is 5.69 Å². The van der Waals surface area contributed by atoms with Crippen molar-refractivity contribution in [2.75, 3.05) is 17.1 Å². The van der Waals surface area contributed by atoms with Gasteiger partial charge in [0.05, 0.1) is 24.8 Å². The second-order valence-electron chi connectivity index (χ2n) is 6.15. The van der Waals surface area contributed by atoms with E-state index in [4.69, 9.17) is 4.42 Å². The summed E-state index contributed by atoms with van der Waals surface area (Å²) in [6.45, 7) is 4.39. The van der Waals surface area contributed by atoms with Crippen molar-refractivity contribution in [2.45, 2.75) is 32.7 Å². The van der Waals surface area contributed by atoms with E-state index in [1.165, 1.54) is 10.6 Å². The molecule has 2 rings (SSSR count). The molecule has 0 aliphatic carbocycles. The van der Waals surface area contributed by atoms with Crippen molar-refractivity contribution in [3.8, 4) is 0 Å². The molecule has 1 aromatic carbocycles. The molecule has 1 amide bonds. The van der Waals surface area contributed by atoms with Crippen LogP contribution in [-0.4, -0.2) is 27.1 Å². The molecule has 1 heterocycles. The Bertz CT molecular complexity index is 798. The number of carbonyl (C=O) groups is 1. The van der Waals surface area contributed by atoms with Gasteiger partial charge in [-0.05, 0) is 29.7 Å². The third kappa shape index (κ3) is 5.35. The van der Waals surface area contributed by atoms with Gasteiger partial charge in [-0.2, -0.15) is 0 Å². The molecule has 2 aromatic rings. The second kappa shape index (κ2) is 8.20. The summed E-state index contributed by atoms with van der Waals surface area (Å²) in [6.07, 6.45) is 2.76. The Hall–Kier alpha value is -2.28. The number of nitrogens with zero attached hydrogens (tertiary/aromatic N) is 1. The highest BCUT2D eigenvalue weighted by Crippen LogP contribution is 2.29. The monoisotopic (exact) mass is 364 g/mol. The highest BCUT2D eigenvalue weighted by molar-refractivity contribution is 7.92. The van der Waals surface area contributed by atoms with Crippen LogP contribution < -0.4 is 9.62 Å². The standard InChI is InChI=1S/C18H24N2O4S/c1-14(2)16-8-4-5-9-17(16)20(25(3,22)23)11-10-18(21)19-13-15-7-6-12-24-15/h4-9,12,14H,10-11,13H2,1-3H3,(H,19,21). The van der Waals surface area contributed by atoms with E-state index in [1.54, 1.807) is 24.3 Å². The third-order valence-corrected chi connectivity index (χ3v) is 4.99. The SMILES string of the molecule is CC(C)c1ccccc1N(CCC(=O)NCc1ccco1)S(C)(=O)=O. The zero-order valence-corrected chi connectivity index (χ0v) is 15.5. The number of hydrogen-bond donors (Lipinski definition) is 1. The van der Waals surface area contributed by atoms with E-state index < -0.39 is 10.0 Å². The Morgan fingerprint density at radius 1 is 1.20 bits per heavy atom. The molecule has 1 N–H and O–H groups in total. The largest absolute Gasteiger partial charge is 0.467 e. The first-order valence-electron chi connectivity index (χ1n) is 8.14. The van der Waals surface area contributed by atoms with Gasteiger partial charge in [0, 0.05) is 13.0 Å². The Morgan fingerprint density at radius 3 is 2.52 bits per heavy atom. The fourth-order valence-corrected chi connectivity index (χ4v) is 3.50. The van der Waals surface area contributed by atoms with E-state index >= 15 is 0 Å². The minimum absolute atomic E-state index is 0.0697. The summed E-state index contributed by atoms with van der Waals surface area (Å²) in [5.74, 6) is 0.596. The van der Waals surface area contributed by atoms with E-state index in [-0.39, 0.29) is 31.3 Å². The zero-order valence-electron chi connectivity index (χ0n) is 14.7. The summed E-state index contributed by atoms with van der Waals surface area (Å²) in [4.78, 5) is 12.0. The number of carbonyl (C=O) groups excluding carboxylic acids is 1. The number of benzene rings is 1. The third-order valence-electron chi connectivity index (χ3n) is 3.81. The lowest BCUT2D eigenvalue weighted by Crippen LogP contribution is -2.35. The lowest BCUT2D eigenvalue weighted by atomic mass is 10.0. The zero-order chi connectivity index (χ0) is 18.4. The molecular weight excluding hydrogens is 340 g/mol. The van der Waals surface area contributed by atoms with E-state index in [2.05, 4.69) is 5.32 Å². The average molecular weight is 364 g/mol. The first kappa shape index (κ1) is 19.1. The van der Waals surface area contributed by atoms with Crippen molar-refractivity contribution < 1.29 is 17.6 Å². The molecule has 1 aromatic heterocycles. The summed E-state index contributed by atoms with van der Waals surface area (Å²) in [6, 6.07) is 10.9. The van der Waals surface area contributed by atoms with Gasteiger partial charge in [0.25, 0.3) is 0 Å². The number of para-hydroxylation sites is 1. The Labute approximate surface area is 148 Å². The van der Waals surface area contributed by atoms with Crippen molar-refractivity contribution >= 4 is 21.6 Å². The fraction of sp³-hybridized carbons (Fsp3) is 0.389. The number of nitrogens with one attached hydrogen (secondary N) is 1. The molecule has 0 saturated heterocycles. The molecule has 0 atom stereocenters. The van der Waals surface area contributed by atoms with Crippen LogP contribution in [0.2, 0.25) is 0 Å². The Balaban J connectivity index is 2.08. The van der Waals surface area contributed by atoms with Crippen LogP contribution in [0.3, 0.4) is 0 Å². The molecule has 0 unspecified atom stereocenters. The number of hydrogen-bond acceptors (Lipinski definition) is 4. The van der Waals surface area contributed by atoms with Crippen LogP contribution in [0.25, 0.3) is 0 Å². The number of sulfonamides is 1. The second-order valence-corrected chi connectivity index (χ2v) is 8.06. The fourth-order valence-electron chi connectivity index (χ4n) is 2.56. The Kier molecular flexibility index (Phi) is 6.25. The maximum atomic E-state index is 12.2. The van der Waals surface area contributed by atoms with E-state index in [1.807, 2.05) is 26.0 Å². The van der Waals surface area contributed by atoms with E-state index in [0.717, 1.165) is 11.8 Å². The van der Waals surface area contributed by atoms with Gasteiger partial charge in [-0.3, -0.25) is 9.10 Å². The number of amides is 1. The van der Waals surface area contributed by atoms with Crippen LogP contribution in [0.1, 0.15) is 37.5 Å². The first-order chi connectivity index (χ1) is 11.8. The number of furan rings is 1. The molecule has 25 heavy (non-hydrogen) atoms. The molecule has 0 radical (unpaired) electrons. The highest BCUT2D eigenvalue weighted by atomic mass is 32.2. The van der Waals surface area contributed by atoms with Gasteiger partial charge in [0.2, 0.25) is 15.9 Å². The van der Waals surface area contributed by atoms with Gasteiger partial charge in [-0.15, -0.1) is 0 Å². The highest BCUT2D eigenvalue weighted by Gasteiger charge is 2.22. The molecule has 6 nitrogen and oxygen atoms in total. The van der Waals surface area contributed by atoms with Gasteiger partial charge in [0.15, 0.2) is 0 Å². The molecule has 7 heteroatoms. The first-order valence-corrected chi connectivity index (χ1v) is 9.99. The van der Waals surface area contributed by atoms with Gasteiger partial charge in [0.1, 0.15) is 5.76 Å². The van der Waals surface area contributed by atoms with Crippen LogP contribution in [0.5, 0.6) is 0 Å². The lowest BCUT2D eigenvalue weighted by Gasteiger charge is -2.26. The smallest absolute Gasteiger partial charge is 0.232 e. The average Bonchev–Trinajstić information content (AvgIpc) is 3.05. The molecule has 0 bridgehead atoms. The van der Waals surface area contributed by atoms with Crippen molar-refractivity contribution in [1.29, 1.82) is 0 Å². The normalized spacial score (nSPS) is 11.5. The van der Waals surface area contributed by atoms with Gasteiger partial charge < -0.3 is 9.73 Å². The Morgan fingerprint density at radius 2 is 1.92 bits per heavy atom. The van der Waals surface area contributed by atoms with Crippen LogP contribution in [0.15, 0.2) is 47.1 Å². The lowest BCUT2D eigenvalue weighted by molar-refractivity contribution is -0.121. The molecule has 136 valence electrons. The number of anilines is 1. The summed E-state index contributed by atoms with van der Waals surface area (Å²) >= 11 is 0. The van der Waals surface area contributed by atoms with E-state index in [9.17, 15) is 13.2 Å². The molecule has 0 aliphatic heterocycles. The van der Waals surface area contributed by atoms with Crippen molar-refractivity contribution in [1.82, 2.24) is 5.32 Å². The summed E-state index contributed by atoms with van der Waals surface area (Å²) in [7, 11) is -3.49. The minimum Gasteiger partial charge on any atom is -0.467 e. The molecule has 0 fully saturated rings. The molecule has 0 aliphatic rings. The quantitative estimate of drug-likeness (QED) is 0.781.